The summed E-state index contributed by atoms with van der Waals surface area (Å²) in [6.45, 7) is 4.01. The van der Waals surface area contributed by atoms with Gasteiger partial charge in [0, 0.05) is 21.8 Å². The highest BCUT2D eigenvalue weighted by molar-refractivity contribution is 7.15. The second-order valence-electron chi connectivity index (χ2n) is 5.41. The molecule has 4 nitrogen and oxygen atoms in total. The van der Waals surface area contributed by atoms with E-state index < -0.39 is 0 Å². The minimum absolute atomic E-state index is 0.823. The van der Waals surface area contributed by atoms with Crippen molar-refractivity contribution in [2.75, 3.05) is 0 Å². The van der Waals surface area contributed by atoms with Crippen molar-refractivity contribution in [3.63, 3.8) is 0 Å². The molecule has 0 aromatic carbocycles. The zero-order chi connectivity index (χ0) is 15.0. The van der Waals surface area contributed by atoms with Crippen LogP contribution in [-0.4, -0.2) is 16.0 Å². The van der Waals surface area contributed by atoms with Gasteiger partial charge in [0.05, 0.1) is 11.8 Å². The van der Waals surface area contributed by atoms with Gasteiger partial charge >= 0.3 is 0 Å². The van der Waals surface area contributed by atoms with Crippen LogP contribution in [-0.2, 0) is 12.8 Å². The quantitative estimate of drug-likeness (QED) is 0.522. The fourth-order valence-corrected chi connectivity index (χ4v) is 4.57. The molecule has 21 heavy (non-hydrogen) atoms. The number of hydrogen-bond acceptors (Lipinski definition) is 4. The van der Waals surface area contributed by atoms with Gasteiger partial charge in [-0.05, 0) is 51.2 Å². The zero-order valence-electron chi connectivity index (χ0n) is 12.2. The Morgan fingerprint density at radius 2 is 2.14 bits per heavy atom. The maximum atomic E-state index is 9.59. The molecule has 5 heteroatoms. The van der Waals surface area contributed by atoms with Crippen molar-refractivity contribution in [1.82, 2.24) is 4.57 Å². The molecule has 0 unspecified atom stereocenters. The van der Waals surface area contributed by atoms with Crippen LogP contribution in [0.3, 0.4) is 0 Å². The number of aryl methyl sites for hydroxylation is 2. The van der Waals surface area contributed by atoms with Crippen LogP contribution < -0.4 is 0 Å². The van der Waals surface area contributed by atoms with Crippen molar-refractivity contribution in [2.24, 2.45) is 5.16 Å². The Hall–Kier alpha value is -2.06. The number of nitrogens with zero attached hydrogens (tertiary/aromatic N) is 3. The third-order valence-electron chi connectivity index (χ3n) is 4.13. The molecule has 0 aliphatic heterocycles. The lowest BCUT2D eigenvalue weighted by Crippen LogP contribution is -2.02. The molecule has 1 N–H and O–H groups in total. The van der Waals surface area contributed by atoms with E-state index in [0.717, 1.165) is 40.4 Å². The molecule has 0 spiro atoms. The average molecular weight is 299 g/mol. The molecule has 2 aromatic heterocycles. The third kappa shape index (κ3) is 2.16. The first kappa shape index (κ1) is 13.9. The van der Waals surface area contributed by atoms with Crippen LogP contribution >= 0.6 is 11.3 Å². The number of oxime groups is 1. The predicted molar refractivity (Wildman–Crippen MR) is 83.9 cm³/mol. The molecule has 108 valence electrons. The lowest BCUT2D eigenvalue weighted by Gasteiger charge is -2.10. The third-order valence-corrected chi connectivity index (χ3v) is 5.41. The predicted octanol–water partition coefficient (Wildman–Crippen LogP) is 3.71. The molecule has 0 saturated carbocycles. The molecule has 0 atom stereocenters. The van der Waals surface area contributed by atoms with Crippen molar-refractivity contribution >= 4 is 17.6 Å². The summed E-state index contributed by atoms with van der Waals surface area (Å²) in [6.07, 6.45) is 5.92. The summed E-state index contributed by atoms with van der Waals surface area (Å²) >= 11 is 1.73. The highest BCUT2D eigenvalue weighted by Crippen LogP contribution is 2.38. The first-order chi connectivity index (χ1) is 10.2. The van der Waals surface area contributed by atoms with E-state index in [1.807, 2.05) is 19.9 Å². The SMILES string of the molecule is Cc1cc(C=NO)c(C)n1-c1sc2c(c1C#N)CCCC2. The van der Waals surface area contributed by atoms with Crippen LogP contribution in [0.2, 0.25) is 0 Å². The van der Waals surface area contributed by atoms with E-state index in [-0.39, 0.29) is 0 Å². The Morgan fingerprint density at radius 3 is 2.86 bits per heavy atom. The van der Waals surface area contributed by atoms with Crippen LogP contribution in [0.15, 0.2) is 11.2 Å². The summed E-state index contributed by atoms with van der Waals surface area (Å²) in [7, 11) is 0. The summed E-state index contributed by atoms with van der Waals surface area (Å²) in [5.41, 5.74) is 5.00. The van der Waals surface area contributed by atoms with Gasteiger partial charge < -0.3 is 9.77 Å². The molecule has 0 saturated heterocycles. The molecule has 1 aliphatic carbocycles. The topological polar surface area (TPSA) is 61.3 Å². The van der Waals surface area contributed by atoms with Crippen molar-refractivity contribution in [3.8, 4) is 11.1 Å². The molecule has 1 aliphatic rings. The molecule has 3 rings (SSSR count). The smallest absolute Gasteiger partial charge is 0.118 e. The first-order valence-corrected chi connectivity index (χ1v) is 7.90. The Bertz CT molecular complexity index is 762. The van der Waals surface area contributed by atoms with E-state index in [1.165, 1.54) is 29.5 Å². The maximum absolute atomic E-state index is 9.59. The van der Waals surface area contributed by atoms with Crippen molar-refractivity contribution in [3.05, 3.63) is 39.0 Å². The van der Waals surface area contributed by atoms with Gasteiger partial charge in [-0.2, -0.15) is 5.26 Å². The molecule has 0 bridgehead atoms. The number of thiophene rings is 1. The Morgan fingerprint density at radius 1 is 1.38 bits per heavy atom. The molecule has 2 heterocycles. The standard InChI is InChI=1S/C16H17N3OS/c1-10-7-12(9-18-20)11(2)19(10)16-14(8-17)13-5-3-4-6-15(13)21-16/h7,9,20H,3-6H2,1-2H3. The van der Waals surface area contributed by atoms with Gasteiger partial charge in [0.2, 0.25) is 0 Å². The maximum Gasteiger partial charge on any atom is 0.118 e. The van der Waals surface area contributed by atoms with Crippen LogP contribution in [0, 0.1) is 25.2 Å². The van der Waals surface area contributed by atoms with Gasteiger partial charge in [-0.15, -0.1) is 11.3 Å². The lowest BCUT2D eigenvalue weighted by molar-refractivity contribution is 0.322. The number of aromatic nitrogens is 1. The van der Waals surface area contributed by atoms with E-state index in [4.69, 9.17) is 5.21 Å². The van der Waals surface area contributed by atoms with E-state index in [1.54, 1.807) is 11.3 Å². The normalized spacial score (nSPS) is 14.3. The molecule has 0 fully saturated rings. The van der Waals surface area contributed by atoms with Gasteiger partial charge in [-0.1, -0.05) is 5.16 Å². The van der Waals surface area contributed by atoms with Gasteiger partial charge in [0.25, 0.3) is 0 Å². The molecular weight excluding hydrogens is 282 g/mol. The number of nitriles is 1. The van der Waals surface area contributed by atoms with Gasteiger partial charge in [0.15, 0.2) is 0 Å². The molecule has 0 amide bonds. The van der Waals surface area contributed by atoms with E-state index in [9.17, 15) is 5.26 Å². The summed E-state index contributed by atoms with van der Waals surface area (Å²) in [6, 6.07) is 4.39. The van der Waals surface area contributed by atoms with Gasteiger partial charge in [-0.25, -0.2) is 0 Å². The summed E-state index contributed by atoms with van der Waals surface area (Å²) in [4.78, 5) is 1.36. The largest absolute Gasteiger partial charge is 0.411 e. The lowest BCUT2D eigenvalue weighted by atomic mass is 9.96. The van der Waals surface area contributed by atoms with Crippen molar-refractivity contribution in [1.29, 1.82) is 5.26 Å². The molecule has 2 aromatic rings. The van der Waals surface area contributed by atoms with E-state index >= 15 is 0 Å². The highest BCUT2D eigenvalue weighted by Gasteiger charge is 2.23. The van der Waals surface area contributed by atoms with Crippen LogP contribution in [0.5, 0.6) is 0 Å². The van der Waals surface area contributed by atoms with Crippen LogP contribution in [0.4, 0.5) is 0 Å². The monoisotopic (exact) mass is 299 g/mol. The van der Waals surface area contributed by atoms with Crippen LogP contribution in [0.25, 0.3) is 5.00 Å². The average Bonchev–Trinajstić information content (AvgIpc) is 2.97. The van der Waals surface area contributed by atoms with E-state index in [2.05, 4.69) is 15.8 Å². The second-order valence-corrected chi connectivity index (χ2v) is 6.49. The van der Waals surface area contributed by atoms with Crippen molar-refractivity contribution < 1.29 is 5.21 Å². The number of fused-ring (bicyclic) bond motifs is 1. The van der Waals surface area contributed by atoms with E-state index in [0.29, 0.717) is 0 Å². The van der Waals surface area contributed by atoms with Crippen LogP contribution in [0.1, 0.15) is 45.8 Å². The summed E-state index contributed by atoms with van der Waals surface area (Å²) in [5.74, 6) is 0. The van der Waals surface area contributed by atoms with Gasteiger partial charge in [-0.3, -0.25) is 0 Å². The summed E-state index contributed by atoms with van der Waals surface area (Å²) in [5, 5.41) is 22.5. The highest BCUT2D eigenvalue weighted by atomic mass is 32.1. The van der Waals surface area contributed by atoms with Crippen molar-refractivity contribution in [2.45, 2.75) is 39.5 Å². The Kier molecular flexibility index (Phi) is 3.56. The summed E-state index contributed by atoms with van der Waals surface area (Å²) < 4.78 is 2.11. The minimum Gasteiger partial charge on any atom is -0.411 e. The minimum atomic E-state index is 0.823. The fourth-order valence-electron chi connectivity index (χ4n) is 3.12. The number of rotatable bonds is 2. The Labute approximate surface area is 127 Å². The zero-order valence-corrected chi connectivity index (χ0v) is 13.0. The Balaban J connectivity index is 2.22. The van der Waals surface area contributed by atoms with Gasteiger partial charge in [0.1, 0.15) is 11.1 Å². The molecule has 0 radical (unpaired) electrons. The molecular formula is C16H17N3OS. The second kappa shape index (κ2) is 5.38. The first-order valence-electron chi connectivity index (χ1n) is 7.08. The fraction of sp³-hybridized carbons (Fsp3) is 0.375. The number of hydrogen-bond donors (Lipinski definition) is 1.